The molecule has 0 aliphatic rings. The van der Waals surface area contributed by atoms with Crippen LogP contribution in [0.4, 0.5) is 5.95 Å². The standard InChI is InChI=1S/C14H14Br2N4O2/c1-7-8(2)18-14(19-13(7)21)20-17-6-9-4-10(15)5-11(16)12(9)22-3/h4-6H,1-3H3,(H2,18,19,20,21)/b17-6-. The molecule has 0 fully saturated rings. The molecule has 0 spiro atoms. The molecule has 1 aromatic carbocycles. The van der Waals surface area contributed by atoms with Gasteiger partial charge >= 0.3 is 0 Å². The molecule has 0 unspecified atom stereocenters. The van der Waals surface area contributed by atoms with E-state index in [0.717, 1.165) is 14.5 Å². The van der Waals surface area contributed by atoms with Gasteiger partial charge in [-0.3, -0.25) is 9.78 Å². The van der Waals surface area contributed by atoms with E-state index in [9.17, 15) is 4.79 Å². The average Bonchev–Trinajstić information content (AvgIpc) is 2.44. The molecule has 0 atom stereocenters. The van der Waals surface area contributed by atoms with Crippen LogP contribution in [0.1, 0.15) is 16.8 Å². The summed E-state index contributed by atoms with van der Waals surface area (Å²) in [5.41, 5.74) is 4.53. The van der Waals surface area contributed by atoms with Crippen LogP contribution in [0.25, 0.3) is 0 Å². The minimum Gasteiger partial charge on any atom is -0.495 e. The zero-order valence-electron chi connectivity index (χ0n) is 12.2. The molecular weight excluding hydrogens is 416 g/mol. The van der Waals surface area contributed by atoms with Gasteiger partial charge in [0.2, 0.25) is 5.95 Å². The number of nitrogens with zero attached hydrogens (tertiary/aromatic N) is 2. The second-order valence-electron chi connectivity index (χ2n) is 4.51. The van der Waals surface area contributed by atoms with Gasteiger partial charge in [-0.15, -0.1) is 0 Å². The first kappa shape index (κ1) is 16.7. The molecular formula is C14H14Br2N4O2. The third-order valence-corrected chi connectivity index (χ3v) is 4.06. The van der Waals surface area contributed by atoms with Crippen molar-refractivity contribution in [2.75, 3.05) is 12.5 Å². The van der Waals surface area contributed by atoms with Crippen LogP contribution in [0.2, 0.25) is 0 Å². The maximum absolute atomic E-state index is 11.7. The number of H-pyrrole nitrogens is 1. The molecule has 0 amide bonds. The summed E-state index contributed by atoms with van der Waals surface area (Å²) in [6.45, 7) is 3.49. The number of ether oxygens (including phenoxy) is 1. The largest absolute Gasteiger partial charge is 0.495 e. The Kier molecular flexibility index (Phi) is 5.36. The van der Waals surface area contributed by atoms with Crippen molar-refractivity contribution in [2.45, 2.75) is 13.8 Å². The zero-order chi connectivity index (χ0) is 16.3. The molecule has 6 nitrogen and oxygen atoms in total. The summed E-state index contributed by atoms with van der Waals surface area (Å²) in [4.78, 5) is 18.5. The van der Waals surface area contributed by atoms with Gasteiger partial charge in [-0.25, -0.2) is 10.4 Å². The molecule has 1 aromatic heterocycles. The van der Waals surface area contributed by atoms with E-state index in [1.54, 1.807) is 27.2 Å². The molecule has 22 heavy (non-hydrogen) atoms. The average molecular weight is 430 g/mol. The van der Waals surface area contributed by atoms with Gasteiger partial charge in [-0.05, 0) is 41.9 Å². The minimum atomic E-state index is -0.187. The van der Waals surface area contributed by atoms with Crippen molar-refractivity contribution in [3.8, 4) is 5.75 Å². The van der Waals surface area contributed by atoms with Crippen LogP contribution >= 0.6 is 31.9 Å². The van der Waals surface area contributed by atoms with Crippen LogP contribution in [-0.4, -0.2) is 23.3 Å². The highest BCUT2D eigenvalue weighted by molar-refractivity contribution is 9.11. The minimum absolute atomic E-state index is 0.187. The summed E-state index contributed by atoms with van der Waals surface area (Å²) >= 11 is 6.84. The number of hydrogen-bond acceptors (Lipinski definition) is 5. The maximum atomic E-state index is 11.7. The summed E-state index contributed by atoms with van der Waals surface area (Å²) in [5.74, 6) is 0.952. The number of halogens is 2. The van der Waals surface area contributed by atoms with E-state index in [-0.39, 0.29) is 11.5 Å². The number of aromatic nitrogens is 2. The van der Waals surface area contributed by atoms with E-state index in [1.807, 2.05) is 12.1 Å². The smallest absolute Gasteiger partial charge is 0.255 e. The normalized spacial score (nSPS) is 11.0. The molecule has 0 bridgehead atoms. The molecule has 116 valence electrons. The summed E-state index contributed by atoms with van der Waals surface area (Å²) in [5, 5.41) is 4.09. The van der Waals surface area contributed by atoms with E-state index in [1.165, 1.54) is 0 Å². The molecule has 0 radical (unpaired) electrons. The molecule has 2 N–H and O–H groups in total. The highest BCUT2D eigenvalue weighted by Gasteiger charge is 2.07. The predicted molar refractivity (Wildman–Crippen MR) is 93.9 cm³/mol. The van der Waals surface area contributed by atoms with Crippen molar-refractivity contribution in [1.29, 1.82) is 0 Å². The van der Waals surface area contributed by atoms with Crippen molar-refractivity contribution < 1.29 is 4.74 Å². The van der Waals surface area contributed by atoms with E-state index < -0.39 is 0 Å². The Morgan fingerprint density at radius 3 is 2.73 bits per heavy atom. The molecule has 8 heteroatoms. The van der Waals surface area contributed by atoms with E-state index >= 15 is 0 Å². The van der Waals surface area contributed by atoms with E-state index in [4.69, 9.17) is 4.74 Å². The van der Waals surface area contributed by atoms with E-state index in [0.29, 0.717) is 17.0 Å². The maximum Gasteiger partial charge on any atom is 0.255 e. The monoisotopic (exact) mass is 428 g/mol. The second-order valence-corrected chi connectivity index (χ2v) is 6.28. The highest BCUT2D eigenvalue weighted by Crippen LogP contribution is 2.31. The Morgan fingerprint density at radius 1 is 1.36 bits per heavy atom. The fourth-order valence-corrected chi connectivity index (χ4v) is 3.17. The number of nitrogens with one attached hydrogen (secondary N) is 2. The first-order valence-electron chi connectivity index (χ1n) is 6.32. The SMILES string of the molecule is COc1c(Br)cc(Br)cc1/C=N\Nc1nc(C)c(C)c(=O)[nH]1. The molecule has 0 saturated heterocycles. The Bertz CT molecular complexity index is 787. The van der Waals surface area contributed by atoms with Crippen molar-refractivity contribution in [3.05, 3.63) is 48.3 Å². The lowest BCUT2D eigenvalue weighted by Crippen LogP contribution is -2.15. The predicted octanol–water partition coefficient (Wildman–Crippen LogP) is 3.37. The Labute approximate surface area is 144 Å². The van der Waals surface area contributed by atoms with E-state index in [2.05, 4.69) is 52.4 Å². The van der Waals surface area contributed by atoms with Gasteiger partial charge in [0.1, 0.15) is 5.75 Å². The highest BCUT2D eigenvalue weighted by atomic mass is 79.9. The van der Waals surface area contributed by atoms with Gasteiger partial charge in [0, 0.05) is 21.3 Å². The summed E-state index contributed by atoms with van der Waals surface area (Å²) < 4.78 is 7.02. The lowest BCUT2D eigenvalue weighted by molar-refractivity contribution is 0.411. The van der Waals surface area contributed by atoms with Crippen LogP contribution in [-0.2, 0) is 0 Å². The first-order chi connectivity index (χ1) is 10.4. The molecule has 2 rings (SSSR count). The number of benzene rings is 1. The van der Waals surface area contributed by atoms with Gasteiger partial charge < -0.3 is 4.74 Å². The van der Waals surface area contributed by atoms with Gasteiger partial charge in [-0.2, -0.15) is 5.10 Å². The number of methoxy groups -OCH3 is 1. The molecule has 0 saturated carbocycles. The Morgan fingerprint density at radius 2 is 2.09 bits per heavy atom. The van der Waals surface area contributed by atoms with Crippen LogP contribution in [0.5, 0.6) is 5.75 Å². The number of rotatable bonds is 4. The number of hydrogen-bond donors (Lipinski definition) is 2. The summed E-state index contributed by atoms with van der Waals surface area (Å²) in [6, 6.07) is 3.75. The van der Waals surface area contributed by atoms with Crippen LogP contribution in [0, 0.1) is 13.8 Å². The molecule has 0 aliphatic carbocycles. The second kappa shape index (κ2) is 7.06. The molecule has 0 aliphatic heterocycles. The lowest BCUT2D eigenvalue weighted by atomic mass is 10.2. The van der Waals surface area contributed by atoms with Crippen LogP contribution in [0.15, 0.2) is 31.0 Å². The third-order valence-electron chi connectivity index (χ3n) is 3.01. The number of hydrazone groups is 1. The lowest BCUT2D eigenvalue weighted by Gasteiger charge is -2.08. The number of aryl methyl sites for hydroxylation is 1. The molecule has 1 heterocycles. The summed E-state index contributed by atoms with van der Waals surface area (Å²) in [7, 11) is 1.58. The quantitative estimate of drug-likeness (QED) is 0.576. The topological polar surface area (TPSA) is 79.4 Å². The van der Waals surface area contributed by atoms with Crippen LogP contribution < -0.4 is 15.7 Å². The van der Waals surface area contributed by atoms with Gasteiger partial charge in [0.15, 0.2) is 0 Å². The number of aromatic amines is 1. The Balaban J connectivity index is 2.25. The number of anilines is 1. The van der Waals surface area contributed by atoms with Gasteiger partial charge in [0.05, 0.1) is 17.8 Å². The van der Waals surface area contributed by atoms with Crippen molar-refractivity contribution >= 4 is 44.0 Å². The molecule has 2 aromatic rings. The fraction of sp³-hybridized carbons (Fsp3) is 0.214. The van der Waals surface area contributed by atoms with Crippen molar-refractivity contribution in [3.63, 3.8) is 0 Å². The fourth-order valence-electron chi connectivity index (χ4n) is 1.75. The van der Waals surface area contributed by atoms with Crippen molar-refractivity contribution in [1.82, 2.24) is 9.97 Å². The van der Waals surface area contributed by atoms with Gasteiger partial charge in [0.25, 0.3) is 5.56 Å². The Hall–Kier alpha value is -1.67. The first-order valence-corrected chi connectivity index (χ1v) is 7.90. The van der Waals surface area contributed by atoms with Crippen LogP contribution in [0.3, 0.4) is 0 Å². The summed E-state index contributed by atoms with van der Waals surface area (Å²) in [6.07, 6.45) is 1.59. The van der Waals surface area contributed by atoms with Gasteiger partial charge in [-0.1, -0.05) is 15.9 Å². The van der Waals surface area contributed by atoms with Crippen molar-refractivity contribution in [2.24, 2.45) is 5.10 Å². The third kappa shape index (κ3) is 3.75. The zero-order valence-corrected chi connectivity index (χ0v) is 15.4.